The maximum absolute atomic E-state index is 13.9. The van der Waals surface area contributed by atoms with Gasteiger partial charge in [-0.05, 0) is 30.9 Å². The van der Waals surface area contributed by atoms with Crippen LogP contribution in [0.15, 0.2) is 12.1 Å². The van der Waals surface area contributed by atoms with Crippen LogP contribution in [0.1, 0.15) is 23.2 Å². The van der Waals surface area contributed by atoms with Crippen molar-refractivity contribution >= 4 is 11.7 Å². The first-order valence-corrected chi connectivity index (χ1v) is 6.50. The van der Waals surface area contributed by atoms with Crippen molar-refractivity contribution in [3.05, 3.63) is 29.3 Å². The predicted octanol–water partition coefficient (Wildman–Crippen LogP) is 2.53. The fourth-order valence-electron chi connectivity index (χ4n) is 2.46. The van der Waals surface area contributed by atoms with Gasteiger partial charge < -0.3 is 14.7 Å². The van der Waals surface area contributed by atoms with Gasteiger partial charge >= 0.3 is 5.97 Å². The van der Waals surface area contributed by atoms with Crippen LogP contribution in [-0.2, 0) is 4.74 Å². The SMILES string of the molecule is CN(CC1CCOCC1)c1c(F)cc(C(=O)O)cc1F. The number of carbonyl (C=O) groups is 1. The van der Waals surface area contributed by atoms with Crippen molar-refractivity contribution in [1.29, 1.82) is 0 Å². The Morgan fingerprint density at radius 1 is 1.35 bits per heavy atom. The third-order valence-electron chi connectivity index (χ3n) is 3.52. The van der Waals surface area contributed by atoms with Crippen molar-refractivity contribution in [3.8, 4) is 0 Å². The Labute approximate surface area is 116 Å². The van der Waals surface area contributed by atoms with Crippen LogP contribution in [0, 0.1) is 17.6 Å². The highest BCUT2D eigenvalue weighted by Gasteiger charge is 2.21. The Balaban J connectivity index is 2.16. The van der Waals surface area contributed by atoms with E-state index >= 15 is 0 Å². The molecule has 6 heteroatoms. The van der Waals surface area contributed by atoms with Crippen molar-refractivity contribution in [2.45, 2.75) is 12.8 Å². The van der Waals surface area contributed by atoms with Gasteiger partial charge in [0.25, 0.3) is 0 Å². The zero-order valence-corrected chi connectivity index (χ0v) is 11.2. The third-order valence-corrected chi connectivity index (χ3v) is 3.52. The fourth-order valence-corrected chi connectivity index (χ4v) is 2.46. The second-order valence-corrected chi connectivity index (χ2v) is 5.03. The van der Waals surface area contributed by atoms with Gasteiger partial charge in [0, 0.05) is 26.8 Å². The second-order valence-electron chi connectivity index (χ2n) is 5.03. The first kappa shape index (κ1) is 14.7. The molecule has 0 atom stereocenters. The van der Waals surface area contributed by atoms with Gasteiger partial charge in [0.1, 0.15) is 17.3 Å². The lowest BCUT2D eigenvalue weighted by atomic mass is 9.99. The molecule has 1 aromatic carbocycles. The van der Waals surface area contributed by atoms with Crippen LogP contribution in [0.2, 0.25) is 0 Å². The molecule has 1 saturated heterocycles. The van der Waals surface area contributed by atoms with E-state index < -0.39 is 17.6 Å². The lowest BCUT2D eigenvalue weighted by Gasteiger charge is -2.28. The lowest BCUT2D eigenvalue weighted by Crippen LogP contribution is -2.30. The molecule has 2 rings (SSSR count). The van der Waals surface area contributed by atoms with Gasteiger partial charge in [0.2, 0.25) is 0 Å². The zero-order valence-electron chi connectivity index (χ0n) is 11.2. The second kappa shape index (κ2) is 6.17. The molecule has 0 saturated carbocycles. The summed E-state index contributed by atoms with van der Waals surface area (Å²) in [7, 11) is 1.61. The van der Waals surface area contributed by atoms with E-state index in [1.807, 2.05) is 0 Å². The number of anilines is 1. The molecule has 0 spiro atoms. The van der Waals surface area contributed by atoms with Crippen molar-refractivity contribution in [3.63, 3.8) is 0 Å². The number of rotatable bonds is 4. The summed E-state index contributed by atoms with van der Waals surface area (Å²) in [5.74, 6) is -2.72. The molecule has 4 nitrogen and oxygen atoms in total. The van der Waals surface area contributed by atoms with Crippen molar-refractivity contribution in [2.75, 3.05) is 31.7 Å². The first-order valence-electron chi connectivity index (χ1n) is 6.50. The van der Waals surface area contributed by atoms with E-state index in [1.54, 1.807) is 7.05 Å². The lowest BCUT2D eigenvalue weighted by molar-refractivity contribution is 0.0682. The summed E-state index contributed by atoms with van der Waals surface area (Å²) in [4.78, 5) is 12.2. The molecule has 20 heavy (non-hydrogen) atoms. The van der Waals surface area contributed by atoms with E-state index in [-0.39, 0.29) is 11.3 Å². The normalized spacial score (nSPS) is 16.1. The Morgan fingerprint density at radius 3 is 2.40 bits per heavy atom. The van der Waals surface area contributed by atoms with Crippen molar-refractivity contribution in [2.24, 2.45) is 5.92 Å². The van der Waals surface area contributed by atoms with E-state index in [0.29, 0.717) is 25.7 Å². The Hall–Kier alpha value is -1.69. The highest BCUT2D eigenvalue weighted by Crippen LogP contribution is 2.26. The van der Waals surface area contributed by atoms with E-state index in [4.69, 9.17) is 9.84 Å². The number of ether oxygens (including phenoxy) is 1. The Morgan fingerprint density at radius 2 is 1.90 bits per heavy atom. The number of nitrogens with zero attached hydrogens (tertiary/aromatic N) is 1. The molecule has 0 aliphatic carbocycles. The smallest absolute Gasteiger partial charge is 0.335 e. The molecule has 0 radical (unpaired) electrons. The number of hydrogen-bond donors (Lipinski definition) is 1. The Kier molecular flexibility index (Phi) is 4.54. The maximum atomic E-state index is 13.9. The van der Waals surface area contributed by atoms with Gasteiger partial charge in [0.05, 0.1) is 5.56 Å². The van der Waals surface area contributed by atoms with Gasteiger partial charge in [-0.25, -0.2) is 13.6 Å². The molecule has 0 unspecified atom stereocenters. The van der Waals surface area contributed by atoms with Crippen molar-refractivity contribution < 1.29 is 23.4 Å². The number of benzene rings is 1. The van der Waals surface area contributed by atoms with Crippen LogP contribution in [0.25, 0.3) is 0 Å². The van der Waals surface area contributed by atoms with Crippen LogP contribution in [0.4, 0.5) is 14.5 Å². The van der Waals surface area contributed by atoms with E-state index in [9.17, 15) is 13.6 Å². The minimum absolute atomic E-state index is 0.179. The van der Waals surface area contributed by atoms with Crippen molar-refractivity contribution in [1.82, 2.24) is 0 Å². The summed E-state index contributed by atoms with van der Waals surface area (Å²) in [6, 6.07) is 1.70. The van der Waals surface area contributed by atoms with Gasteiger partial charge in [0.15, 0.2) is 0 Å². The largest absolute Gasteiger partial charge is 0.478 e. The molecule has 110 valence electrons. The highest BCUT2D eigenvalue weighted by molar-refractivity contribution is 5.88. The molecule has 0 amide bonds. The molecule has 0 bridgehead atoms. The average molecular weight is 285 g/mol. The monoisotopic (exact) mass is 285 g/mol. The van der Waals surface area contributed by atoms with Crippen LogP contribution in [0.3, 0.4) is 0 Å². The van der Waals surface area contributed by atoms with E-state index in [0.717, 1.165) is 25.0 Å². The summed E-state index contributed by atoms with van der Waals surface area (Å²) in [6.07, 6.45) is 1.72. The van der Waals surface area contributed by atoms with E-state index in [2.05, 4.69) is 0 Å². The number of carboxylic acids is 1. The molecule has 1 heterocycles. The molecule has 1 aromatic rings. The molecule has 1 N–H and O–H groups in total. The van der Waals surface area contributed by atoms with Gasteiger partial charge in [-0.2, -0.15) is 0 Å². The summed E-state index contributed by atoms with van der Waals surface area (Å²) >= 11 is 0. The third kappa shape index (κ3) is 3.25. The maximum Gasteiger partial charge on any atom is 0.335 e. The van der Waals surface area contributed by atoms with Gasteiger partial charge in [-0.15, -0.1) is 0 Å². The van der Waals surface area contributed by atoms with Crippen LogP contribution in [-0.4, -0.2) is 37.9 Å². The highest BCUT2D eigenvalue weighted by atomic mass is 19.1. The predicted molar refractivity (Wildman–Crippen MR) is 70.1 cm³/mol. The zero-order chi connectivity index (χ0) is 14.7. The van der Waals surface area contributed by atoms with E-state index in [1.165, 1.54) is 4.90 Å². The summed E-state index contributed by atoms with van der Waals surface area (Å²) in [5, 5.41) is 8.76. The molecular weight excluding hydrogens is 268 g/mol. The quantitative estimate of drug-likeness (QED) is 0.923. The van der Waals surface area contributed by atoms with Crippen LogP contribution in [0.5, 0.6) is 0 Å². The molecular formula is C14H17F2NO3. The first-order chi connectivity index (χ1) is 9.49. The standard InChI is InChI=1S/C14H17F2NO3/c1-17(8-9-2-4-20-5-3-9)13-11(15)6-10(14(18)19)7-12(13)16/h6-7,9H,2-5,8H2,1H3,(H,18,19). The molecule has 1 aliphatic rings. The number of halogens is 2. The summed E-state index contributed by atoms with van der Waals surface area (Å²) in [6.45, 7) is 1.85. The number of hydrogen-bond acceptors (Lipinski definition) is 3. The Bertz CT molecular complexity index is 478. The molecule has 0 aromatic heterocycles. The van der Waals surface area contributed by atoms with Gasteiger partial charge in [-0.1, -0.05) is 0 Å². The minimum atomic E-state index is -1.35. The average Bonchev–Trinajstić information content (AvgIpc) is 2.38. The number of aromatic carboxylic acids is 1. The van der Waals surface area contributed by atoms with Crippen LogP contribution >= 0.6 is 0 Å². The molecule has 1 aliphatic heterocycles. The molecule has 1 fully saturated rings. The minimum Gasteiger partial charge on any atom is -0.478 e. The number of carboxylic acid groups (broad SMARTS) is 1. The van der Waals surface area contributed by atoms with Gasteiger partial charge in [-0.3, -0.25) is 0 Å². The van der Waals surface area contributed by atoms with Crippen LogP contribution < -0.4 is 4.90 Å². The fraction of sp³-hybridized carbons (Fsp3) is 0.500. The topological polar surface area (TPSA) is 49.8 Å². The summed E-state index contributed by atoms with van der Waals surface area (Å²) in [5.41, 5.74) is -0.565. The summed E-state index contributed by atoms with van der Waals surface area (Å²) < 4.78 is 33.1.